The Kier molecular flexibility index (Phi) is 7.47. The topological polar surface area (TPSA) is 48.9 Å². The highest BCUT2D eigenvalue weighted by Crippen LogP contribution is 2.34. The molecular formula is C21H33FN4O. The summed E-state index contributed by atoms with van der Waals surface area (Å²) in [4.78, 5) is 6.89. The average molecular weight is 377 g/mol. The standard InChI is InChI=1S/C21H33FN4O/c1-23-20(24-11-14-26-12-3-2-4-13-26)25-17-21(9-15-27-16-10-21)18-5-7-19(22)8-6-18/h5-8H,2-4,9-17H2,1H3,(H2,23,24,25). The van der Waals surface area contributed by atoms with E-state index < -0.39 is 0 Å². The second-order valence-corrected chi connectivity index (χ2v) is 7.65. The Hall–Kier alpha value is -1.66. The number of benzene rings is 1. The second-order valence-electron chi connectivity index (χ2n) is 7.65. The molecule has 150 valence electrons. The maximum atomic E-state index is 13.4. The van der Waals surface area contributed by atoms with Gasteiger partial charge in [0, 0.05) is 45.3 Å². The van der Waals surface area contributed by atoms with Gasteiger partial charge in [0.25, 0.3) is 0 Å². The quantitative estimate of drug-likeness (QED) is 0.592. The van der Waals surface area contributed by atoms with Crippen LogP contribution in [0.15, 0.2) is 29.3 Å². The van der Waals surface area contributed by atoms with Crippen LogP contribution in [0.5, 0.6) is 0 Å². The van der Waals surface area contributed by atoms with Crippen LogP contribution < -0.4 is 10.6 Å². The SMILES string of the molecule is CN=C(NCCN1CCCCC1)NCC1(c2ccc(F)cc2)CCOCC1. The Morgan fingerprint density at radius 3 is 2.48 bits per heavy atom. The summed E-state index contributed by atoms with van der Waals surface area (Å²) in [6.45, 7) is 6.61. The lowest BCUT2D eigenvalue weighted by Gasteiger charge is -2.38. The number of ether oxygens (including phenoxy) is 1. The largest absolute Gasteiger partial charge is 0.381 e. The first-order valence-electron chi connectivity index (χ1n) is 10.2. The van der Waals surface area contributed by atoms with Crippen molar-refractivity contribution in [3.05, 3.63) is 35.6 Å². The predicted octanol–water partition coefficient (Wildman–Crippen LogP) is 2.52. The van der Waals surface area contributed by atoms with Crippen LogP contribution in [0.3, 0.4) is 0 Å². The van der Waals surface area contributed by atoms with Crippen LogP contribution in [0, 0.1) is 5.82 Å². The van der Waals surface area contributed by atoms with Crippen molar-refractivity contribution < 1.29 is 9.13 Å². The van der Waals surface area contributed by atoms with Gasteiger partial charge in [-0.2, -0.15) is 0 Å². The minimum absolute atomic E-state index is 0.0452. The molecule has 1 aromatic carbocycles. The maximum Gasteiger partial charge on any atom is 0.191 e. The highest BCUT2D eigenvalue weighted by Gasteiger charge is 2.34. The summed E-state index contributed by atoms with van der Waals surface area (Å²) in [5.41, 5.74) is 1.12. The van der Waals surface area contributed by atoms with E-state index in [1.54, 1.807) is 12.1 Å². The molecule has 0 unspecified atom stereocenters. The van der Waals surface area contributed by atoms with Crippen molar-refractivity contribution in [2.24, 2.45) is 4.99 Å². The molecule has 2 heterocycles. The lowest BCUT2D eigenvalue weighted by Crippen LogP contribution is -2.49. The fraction of sp³-hybridized carbons (Fsp3) is 0.667. The van der Waals surface area contributed by atoms with Gasteiger partial charge in [0.15, 0.2) is 5.96 Å². The molecule has 0 atom stereocenters. The number of aliphatic imine (C=N–C) groups is 1. The third kappa shape index (κ3) is 5.66. The van der Waals surface area contributed by atoms with E-state index in [0.29, 0.717) is 0 Å². The second kappa shape index (κ2) is 10.0. The molecule has 2 aliphatic rings. The molecule has 0 radical (unpaired) electrons. The molecule has 0 aromatic heterocycles. The Labute approximate surface area is 162 Å². The third-order valence-corrected chi connectivity index (χ3v) is 5.89. The van der Waals surface area contributed by atoms with Crippen LogP contribution in [-0.2, 0) is 10.2 Å². The highest BCUT2D eigenvalue weighted by atomic mass is 19.1. The lowest BCUT2D eigenvalue weighted by molar-refractivity contribution is 0.0513. The molecule has 1 aromatic rings. The van der Waals surface area contributed by atoms with Crippen LogP contribution >= 0.6 is 0 Å². The zero-order valence-electron chi connectivity index (χ0n) is 16.5. The van der Waals surface area contributed by atoms with E-state index >= 15 is 0 Å². The minimum atomic E-state index is -0.191. The molecule has 2 fully saturated rings. The number of hydrogen-bond acceptors (Lipinski definition) is 3. The van der Waals surface area contributed by atoms with Crippen LogP contribution in [0.1, 0.15) is 37.7 Å². The summed E-state index contributed by atoms with van der Waals surface area (Å²) in [7, 11) is 1.81. The van der Waals surface area contributed by atoms with Crippen LogP contribution in [-0.4, -0.2) is 63.8 Å². The van der Waals surface area contributed by atoms with E-state index in [1.807, 2.05) is 19.2 Å². The molecule has 2 aliphatic heterocycles. The van der Waals surface area contributed by atoms with E-state index in [9.17, 15) is 4.39 Å². The molecule has 0 aliphatic carbocycles. The molecule has 5 nitrogen and oxygen atoms in total. The van der Waals surface area contributed by atoms with Crippen molar-refractivity contribution in [2.45, 2.75) is 37.5 Å². The van der Waals surface area contributed by atoms with Gasteiger partial charge in [0.2, 0.25) is 0 Å². The fourth-order valence-corrected chi connectivity index (χ4v) is 4.12. The molecule has 0 amide bonds. The van der Waals surface area contributed by atoms with Crippen LogP contribution in [0.4, 0.5) is 4.39 Å². The minimum Gasteiger partial charge on any atom is -0.381 e. The fourth-order valence-electron chi connectivity index (χ4n) is 4.12. The van der Waals surface area contributed by atoms with Gasteiger partial charge >= 0.3 is 0 Å². The zero-order chi connectivity index (χ0) is 19.0. The number of likely N-dealkylation sites (tertiary alicyclic amines) is 1. The molecule has 0 spiro atoms. The summed E-state index contributed by atoms with van der Waals surface area (Å²) >= 11 is 0. The van der Waals surface area contributed by atoms with E-state index in [-0.39, 0.29) is 11.2 Å². The average Bonchev–Trinajstić information content (AvgIpc) is 2.72. The van der Waals surface area contributed by atoms with Gasteiger partial charge in [-0.15, -0.1) is 0 Å². The van der Waals surface area contributed by atoms with Gasteiger partial charge in [-0.05, 0) is 56.5 Å². The highest BCUT2D eigenvalue weighted by molar-refractivity contribution is 5.79. The van der Waals surface area contributed by atoms with E-state index in [2.05, 4.69) is 20.5 Å². The molecule has 0 bridgehead atoms. The van der Waals surface area contributed by atoms with E-state index in [0.717, 1.165) is 51.6 Å². The van der Waals surface area contributed by atoms with Crippen molar-refractivity contribution >= 4 is 5.96 Å². The predicted molar refractivity (Wildman–Crippen MR) is 108 cm³/mol. The monoisotopic (exact) mass is 376 g/mol. The molecular weight excluding hydrogens is 343 g/mol. The number of guanidine groups is 1. The summed E-state index contributed by atoms with van der Waals surface area (Å²) in [5, 5.41) is 6.94. The first-order chi connectivity index (χ1) is 13.2. The lowest BCUT2D eigenvalue weighted by atomic mass is 9.74. The number of nitrogens with zero attached hydrogens (tertiary/aromatic N) is 2. The maximum absolute atomic E-state index is 13.4. The molecule has 27 heavy (non-hydrogen) atoms. The van der Waals surface area contributed by atoms with Crippen LogP contribution in [0.25, 0.3) is 0 Å². The van der Waals surface area contributed by atoms with Crippen molar-refractivity contribution in [1.82, 2.24) is 15.5 Å². The van der Waals surface area contributed by atoms with Gasteiger partial charge in [-0.25, -0.2) is 4.39 Å². The summed E-state index contributed by atoms with van der Waals surface area (Å²) < 4.78 is 18.9. The first kappa shape index (κ1) is 20.1. The van der Waals surface area contributed by atoms with Crippen molar-refractivity contribution in [3.8, 4) is 0 Å². The third-order valence-electron chi connectivity index (χ3n) is 5.89. The summed E-state index contributed by atoms with van der Waals surface area (Å²) in [6.07, 6.45) is 5.85. The molecule has 6 heteroatoms. The smallest absolute Gasteiger partial charge is 0.191 e. The van der Waals surface area contributed by atoms with Gasteiger partial charge in [-0.1, -0.05) is 18.6 Å². The van der Waals surface area contributed by atoms with Crippen LogP contribution in [0.2, 0.25) is 0 Å². The molecule has 2 saturated heterocycles. The van der Waals surface area contributed by atoms with Gasteiger partial charge in [0.05, 0.1) is 0 Å². The Bertz CT molecular complexity index is 593. The number of halogens is 1. The number of nitrogens with one attached hydrogen (secondary N) is 2. The molecule has 2 N–H and O–H groups in total. The van der Waals surface area contributed by atoms with Gasteiger partial charge < -0.3 is 20.3 Å². The molecule has 0 saturated carbocycles. The first-order valence-corrected chi connectivity index (χ1v) is 10.2. The molecule has 3 rings (SSSR count). The summed E-state index contributed by atoms with van der Waals surface area (Å²) in [5.74, 6) is 0.643. The Morgan fingerprint density at radius 2 is 1.81 bits per heavy atom. The number of hydrogen-bond donors (Lipinski definition) is 2. The zero-order valence-corrected chi connectivity index (χ0v) is 16.5. The number of piperidine rings is 1. The Morgan fingerprint density at radius 1 is 1.11 bits per heavy atom. The van der Waals surface area contributed by atoms with Crippen molar-refractivity contribution in [1.29, 1.82) is 0 Å². The van der Waals surface area contributed by atoms with Crippen molar-refractivity contribution in [2.75, 3.05) is 53.0 Å². The van der Waals surface area contributed by atoms with E-state index in [4.69, 9.17) is 4.74 Å². The van der Waals surface area contributed by atoms with Crippen molar-refractivity contribution in [3.63, 3.8) is 0 Å². The normalized spacial score (nSPS) is 21.0. The summed E-state index contributed by atoms with van der Waals surface area (Å²) in [6, 6.07) is 6.93. The number of rotatable bonds is 6. The van der Waals surface area contributed by atoms with E-state index in [1.165, 1.54) is 37.9 Å². The van der Waals surface area contributed by atoms with Gasteiger partial charge in [-0.3, -0.25) is 4.99 Å². The van der Waals surface area contributed by atoms with Gasteiger partial charge in [0.1, 0.15) is 5.82 Å². The Balaban J connectivity index is 1.54.